The standard InChI is InChI=1S/C29H34N2O6/c1-19(2)37-25-15-10-22(18-26(25)36-5)29(30-27(32)16-20-6-11-23(34-3)12-7-20)31-28(33)17-21-8-13-24(35-4)14-9-21/h6-15,18-19,29H,16-17H2,1-5H3,(H,30,32)(H,31,33). The predicted octanol–water partition coefficient (Wildman–Crippen LogP) is 4.22. The second-order valence-electron chi connectivity index (χ2n) is 8.69. The van der Waals surface area contributed by atoms with Gasteiger partial charge in [-0.25, -0.2) is 0 Å². The number of nitrogens with one attached hydrogen (secondary N) is 2. The normalized spacial score (nSPS) is 10.7. The van der Waals surface area contributed by atoms with Crippen molar-refractivity contribution >= 4 is 11.8 Å². The van der Waals surface area contributed by atoms with E-state index in [0.717, 1.165) is 11.1 Å². The van der Waals surface area contributed by atoms with E-state index in [1.807, 2.05) is 38.1 Å². The van der Waals surface area contributed by atoms with Crippen LogP contribution in [0, 0.1) is 0 Å². The van der Waals surface area contributed by atoms with Crippen LogP contribution in [-0.4, -0.2) is 39.2 Å². The zero-order chi connectivity index (χ0) is 26.8. The maximum absolute atomic E-state index is 13.0. The summed E-state index contributed by atoms with van der Waals surface area (Å²) in [4.78, 5) is 25.9. The fraction of sp³-hybridized carbons (Fsp3) is 0.310. The third kappa shape index (κ3) is 8.17. The van der Waals surface area contributed by atoms with Crippen LogP contribution >= 0.6 is 0 Å². The molecular weight excluding hydrogens is 472 g/mol. The van der Waals surface area contributed by atoms with Crippen molar-refractivity contribution < 1.29 is 28.5 Å². The van der Waals surface area contributed by atoms with Gasteiger partial charge in [0.25, 0.3) is 0 Å². The van der Waals surface area contributed by atoms with E-state index in [0.29, 0.717) is 28.6 Å². The number of carbonyl (C=O) groups excluding carboxylic acids is 2. The first-order chi connectivity index (χ1) is 17.8. The molecular formula is C29H34N2O6. The van der Waals surface area contributed by atoms with Crippen molar-refractivity contribution in [3.05, 3.63) is 83.4 Å². The number of hydrogen-bond acceptors (Lipinski definition) is 6. The lowest BCUT2D eigenvalue weighted by atomic mass is 10.1. The second kappa shape index (κ2) is 13.2. The van der Waals surface area contributed by atoms with Gasteiger partial charge < -0.3 is 29.6 Å². The molecule has 8 heteroatoms. The predicted molar refractivity (Wildman–Crippen MR) is 141 cm³/mol. The second-order valence-corrected chi connectivity index (χ2v) is 8.69. The van der Waals surface area contributed by atoms with Crippen molar-refractivity contribution in [3.8, 4) is 23.0 Å². The maximum atomic E-state index is 13.0. The van der Waals surface area contributed by atoms with Gasteiger partial charge in [0.15, 0.2) is 11.5 Å². The van der Waals surface area contributed by atoms with Crippen LogP contribution in [0.15, 0.2) is 66.7 Å². The van der Waals surface area contributed by atoms with Gasteiger partial charge in [-0.15, -0.1) is 0 Å². The third-order valence-corrected chi connectivity index (χ3v) is 5.54. The Labute approximate surface area is 217 Å². The fourth-order valence-corrected chi connectivity index (χ4v) is 3.70. The van der Waals surface area contributed by atoms with E-state index in [1.54, 1.807) is 63.8 Å². The van der Waals surface area contributed by atoms with Crippen molar-refractivity contribution in [3.63, 3.8) is 0 Å². The summed E-state index contributed by atoms with van der Waals surface area (Å²) in [7, 11) is 4.73. The molecule has 196 valence electrons. The van der Waals surface area contributed by atoms with Crippen molar-refractivity contribution in [2.45, 2.75) is 39.0 Å². The zero-order valence-corrected chi connectivity index (χ0v) is 21.9. The van der Waals surface area contributed by atoms with E-state index in [-0.39, 0.29) is 30.8 Å². The summed E-state index contributed by atoms with van der Waals surface area (Å²) < 4.78 is 21.7. The minimum atomic E-state index is -0.779. The molecule has 0 unspecified atom stereocenters. The van der Waals surface area contributed by atoms with Crippen molar-refractivity contribution in [1.82, 2.24) is 10.6 Å². The highest BCUT2D eigenvalue weighted by Crippen LogP contribution is 2.31. The quantitative estimate of drug-likeness (QED) is 0.357. The van der Waals surface area contributed by atoms with Crippen LogP contribution in [0.2, 0.25) is 0 Å². The van der Waals surface area contributed by atoms with E-state index < -0.39 is 6.17 Å². The Morgan fingerprint density at radius 3 is 1.57 bits per heavy atom. The van der Waals surface area contributed by atoms with Gasteiger partial charge in [0.2, 0.25) is 11.8 Å². The highest BCUT2D eigenvalue weighted by atomic mass is 16.5. The molecule has 3 aromatic rings. The van der Waals surface area contributed by atoms with Crippen LogP contribution in [0.3, 0.4) is 0 Å². The van der Waals surface area contributed by atoms with Crippen molar-refractivity contribution in [1.29, 1.82) is 0 Å². The molecule has 0 aliphatic heterocycles. The van der Waals surface area contributed by atoms with Gasteiger partial charge in [-0.05, 0) is 66.9 Å². The molecule has 37 heavy (non-hydrogen) atoms. The molecule has 0 heterocycles. The van der Waals surface area contributed by atoms with Crippen LogP contribution in [-0.2, 0) is 22.4 Å². The lowest BCUT2D eigenvalue weighted by Crippen LogP contribution is -2.42. The Morgan fingerprint density at radius 1 is 0.676 bits per heavy atom. The van der Waals surface area contributed by atoms with Gasteiger partial charge in [0.05, 0.1) is 40.3 Å². The summed E-state index contributed by atoms with van der Waals surface area (Å²) in [5.41, 5.74) is 2.29. The van der Waals surface area contributed by atoms with E-state index in [9.17, 15) is 9.59 Å². The van der Waals surface area contributed by atoms with E-state index in [4.69, 9.17) is 18.9 Å². The topological polar surface area (TPSA) is 95.1 Å². The lowest BCUT2D eigenvalue weighted by Gasteiger charge is -2.23. The smallest absolute Gasteiger partial charge is 0.226 e. The first-order valence-electron chi connectivity index (χ1n) is 12.0. The van der Waals surface area contributed by atoms with Crippen molar-refractivity contribution in [2.75, 3.05) is 21.3 Å². The molecule has 0 bridgehead atoms. The van der Waals surface area contributed by atoms with E-state index in [2.05, 4.69) is 10.6 Å². The van der Waals surface area contributed by atoms with Crippen LogP contribution in [0.5, 0.6) is 23.0 Å². The summed E-state index contributed by atoms with van der Waals surface area (Å²) in [5, 5.41) is 5.88. The average molecular weight is 507 g/mol. The first kappa shape index (κ1) is 27.4. The van der Waals surface area contributed by atoms with Gasteiger partial charge in [0, 0.05) is 0 Å². The average Bonchev–Trinajstić information content (AvgIpc) is 2.89. The Kier molecular flexibility index (Phi) is 9.77. The summed E-state index contributed by atoms with van der Waals surface area (Å²) in [6.45, 7) is 3.85. The van der Waals surface area contributed by atoms with Crippen LogP contribution < -0.4 is 29.6 Å². The summed E-state index contributed by atoms with van der Waals surface area (Å²) in [6.07, 6.45) is -0.538. The van der Waals surface area contributed by atoms with E-state index in [1.165, 1.54) is 0 Å². The van der Waals surface area contributed by atoms with Gasteiger partial charge in [-0.2, -0.15) is 0 Å². The highest BCUT2D eigenvalue weighted by molar-refractivity contribution is 5.82. The molecule has 0 aromatic heterocycles. The summed E-state index contributed by atoms with van der Waals surface area (Å²) in [6, 6.07) is 19.8. The van der Waals surface area contributed by atoms with Crippen molar-refractivity contribution in [2.24, 2.45) is 0 Å². The number of methoxy groups -OCH3 is 3. The number of amides is 2. The molecule has 0 spiro atoms. The van der Waals surface area contributed by atoms with E-state index >= 15 is 0 Å². The van der Waals surface area contributed by atoms with Gasteiger partial charge in [0.1, 0.15) is 17.7 Å². The van der Waals surface area contributed by atoms with Gasteiger partial charge in [-0.1, -0.05) is 30.3 Å². The minimum absolute atomic E-state index is 0.0380. The first-order valence-corrected chi connectivity index (χ1v) is 12.0. The van der Waals surface area contributed by atoms with Gasteiger partial charge in [-0.3, -0.25) is 9.59 Å². The molecule has 0 radical (unpaired) electrons. The third-order valence-electron chi connectivity index (χ3n) is 5.54. The summed E-state index contributed by atoms with van der Waals surface area (Å²) in [5.74, 6) is 2.01. The maximum Gasteiger partial charge on any atom is 0.226 e. The number of ether oxygens (including phenoxy) is 4. The van der Waals surface area contributed by atoms with Crippen LogP contribution in [0.25, 0.3) is 0 Å². The molecule has 0 saturated heterocycles. The molecule has 0 saturated carbocycles. The monoisotopic (exact) mass is 506 g/mol. The zero-order valence-electron chi connectivity index (χ0n) is 21.9. The molecule has 3 rings (SSSR count). The molecule has 0 fully saturated rings. The molecule has 8 nitrogen and oxygen atoms in total. The Morgan fingerprint density at radius 2 is 1.16 bits per heavy atom. The number of benzene rings is 3. The fourth-order valence-electron chi connectivity index (χ4n) is 3.70. The molecule has 0 atom stereocenters. The minimum Gasteiger partial charge on any atom is -0.497 e. The Bertz CT molecular complexity index is 1110. The van der Waals surface area contributed by atoms with Crippen LogP contribution in [0.1, 0.15) is 36.7 Å². The SMILES string of the molecule is COc1ccc(CC(=O)NC(NC(=O)Cc2ccc(OC)cc2)c2ccc(OC(C)C)c(OC)c2)cc1. The largest absolute Gasteiger partial charge is 0.497 e. The Hall–Kier alpha value is -4.20. The molecule has 2 amide bonds. The highest BCUT2D eigenvalue weighted by Gasteiger charge is 2.20. The molecule has 0 aliphatic carbocycles. The van der Waals surface area contributed by atoms with Gasteiger partial charge >= 0.3 is 0 Å². The molecule has 0 aliphatic rings. The molecule has 3 aromatic carbocycles. The van der Waals surface area contributed by atoms with Crippen LogP contribution in [0.4, 0.5) is 0 Å². The molecule has 2 N–H and O–H groups in total. The summed E-state index contributed by atoms with van der Waals surface area (Å²) >= 11 is 0. The Balaban J connectivity index is 1.80. The number of carbonyl (C=O) groups is 2. The number of rotatable bonds is 12. The number of hydrogen-bond donors (Lipinski definition) is 2. The lowest BCUT2D eigenvalue weighted by molar-refractivity contribution is -0.123.